The summed E-state index contributed by atoms with van der Waals surface area (Å²) in [5, 5.41) is 3.51. The summed E-state index contributed by atoms with van der Waals surface area (Å²) >= 11 is 5.96. The van der Waals surface area contributed by atoms with Crippen molar-refractivity contribution in [1.82, 2.24) is 10.2 Å². The van der Waals surface area contributed by atoms with Crippen LogP contribution in [0.3, 0.4) is 0 Å². The molecule has 2 aromatic carbocycles. The average Bonchev–Trinajstić information content (AvgIpc) is 2.67. The Labute approximate surface area is 171 Å². The second-order valence-electron chi connectivity index (χ2n) is 7.01. The molecule has 0 aromatic heterocycles. The third-order valence-electron chi connectivity index (χ3n) is 4.38. The number of hydrogen-bond acceptors (Lipinski definition) is 3. The van der Waals surface area contributed by atoms with Gasteiger partial charge in [0.15, 0.2) is 0 Å². The van der Waals surface area contributed by atoms with Crippen LogP contribution in [-0.2, 0) is 22.6 Å². The van der Waals surface area contributed by atoms with E-state index in [1.54, 1.807) is 31.1 Å². The molecule has 0 spiro atoms. The first kappa shape index (κ1) is 21.8. The zero-order valence-electron chi connectivity index (χ0n) is 16.7. The average molecular weight is 403 g/mol. The van der Waals surface area contributed by atoms with Crippen molar-refractivity contribution in [3.63, 3.8) is 0 Å². The predicted molar refractivity (Wildman–Crippen MR) is 111 cm³/mol. The molecule has 1 atom stereocenters. The molecule has 0 saturated heterocycles. The van der Waals surface area contributed by atoms with E-state index in [1.165, 1.54) is 0 Å². The summed E-state index contributed by atoms with van der Waals surface area (Å²) in [5.41, 5.74) is 1.78. The van der Waals surface area contributed by atoms with Crippen molar-refractivity contribution in [1.29, 1.82) is 0 Å². The number of halogens is 1. The fourth-order valence-electron chi connectivity index (χ4n) is 2.79. The molecule has 2 amide bonds. The van der Waals surface area contributed by atoms with Gasteiger partial charge in [-0.05, 0) is 56.2 Å². The van der Waals surface area contributed by atoms with Crippen LogP contribution in [0.25, 0.3) is 0 Å². The van der Waals surface area contributed by atoms with Crippen LogP contribution in [-0.4, -0.2) is 35.9 Å². The van der Waals surface area contributed by atoms with Crippen molar-refractivity contribution in [2.75, 3.05) is 7.11 Å². The first-order valence-electron chi connectivity index (χ1n) is 9.27. The summed E-state index contributed by atoms with van der Waals surface area (Å²) in [6, 6.07) is 14.1. The smallest absolute Gasteiger partial charge is 0.242 e. The van der Waals surface area contributed by atoms with E-state index in [9.17, 15) is 9.59 Å². The topological polar surface area (TPSA) is 58.6 Å². The van der Waals surface area contributed by atoms with Gasteiger partial charge in [-0.1, -0.05) is 35.9 Å². The molecular weight excluding hydrogens is 376 g/mol. The van der Waals surface area contributed by atoms with Gasteiger partial charge < -0.3 is 15.0 Å². The molecule has 0 heterocycles. The lowest BCUT2D eigenvalue weighted by Crippen LogP contribution is -2.49. The molecule has 5 nitrogen and oxygen atoms in total. The molecule has 0 aliphatic carbocycles. The number of amides is 2. The minimum atomic E-state index is -0.594. The molecule has 0 aliphatic rings. The largest absolute Gasteiger partial charge is 0.497 e. The predicted octanol–water partition coefficient (Wildman–Crippen LogP) is 3.83. The van der Waals surface area contributed by atoms with Crippen LogP contribution in [0.5, 0.6) is 5.75 Å². The van der Waals surface area contributed by atoms with Crippen molar-refractivity contribution in [3.8, 4) is 5.75 Å². The molecule has 0 fully saturated rings. The quantitative estimate of drug-likeness (QED) is 0.729. The highest BCUT2D eigenvalue weighted by atomic mass is 35.5. The molecule has 2 rings (SSSR count). The molecule has 0 radical (unpaired) electrons. The molecule has 6 heteroatoms. The van der Waals surface area contributed by atoms with E-state index in [-0.39, 0.29) is 24.3 Å². The summed E-state index contributed by atoms with van der Waals surface area (Å²) in [6.45, 7) is 5.87. The van der Waals surface area contributed by atoms with E-state index in [4.69, 9.17) is 16.3 Å². The Morgan fingerprint density at radius 3 is 2.11 bits per heavy atom. The highest BCUT2D eigenvalue weighted by Gasteiger charge is 2.26. The lowest BCUT2D eigenvalue weighted by Gasteiger charge is -2.29. The van der Waals surface area contributed by atoms with Gasteiger partial charge in [-0.25, -0.2) is 0 Å². The number of benzene rings is 2. The first-order chi connectivity index (χ1) is 13.3. The van der Waals surface area contributed by atoms with Crippen LogP contribution in [0.15, 0.2) is 48.5 Å². The van der Waals surface area contributed by atoms with Crippen LogP contribution in [0.4, 0.5) is 0 Å². The number of carbonyl (C=O) groups is 2. The zero-order valence-corrected chi connectivity index (χ0v) is 17.5. The standard InChI is InChI=1S/C22H27ClN2O3/c1-15(2)24-22(27)16(3)25(14-18-5-9-19(23)10-6-18)21(26)13-17-7-11-20(28-4)12-8-17/h5-12,15-16H,13-14H2,1-4H3,(H,24,27). The Hall–Kier alpha value is -2.53. The van der Waals surface area contributed by atoms with Gasteiger partial charge in [-0.2, -0.15) is 0 Å². The van der Waals surface area contributed by atoms with Crippen LogP contribution >= 0.6 is 11.6 Å². The van der Waals surface area contributed by atoms with Gasteiger partial charge in [-0.3, -0.25) is 9.59 Å². The molecule has 2 aromatic rings. The maximum Gasteiger partial charge on any atom is 0.242 e. The highest BCUT2D eigenvalue weighted by molar-refractivity contribution is 6.30. The van der Waals surface area contributed by atoms with Gasteiger partial charge in [0, 0.05) is 17.6 Å². The number of rotatable bonds is 8. The first-order valence-corrected chi connectivity index (χ1v) is 9.65. The minimum absolute atomic E-state index is 0.00372. The van der Waals surface area contributed by atoms with Crippen LogP contribution in [0.1, 0.15) is 31.9 Å². The van der Waals surface area contributed by atoms with Gasteiger partial charge in [0.05, 0.1) is 13.5 Å². The third kappa shape index (κ3) is 6.27. The van der Waals surface area contributed by atoms with Crippen LogP contribution in [0, 0.1) is 0 Å². The van der Waals surface area contributed by atoms with E-state index in [2.05, 4.69) is 5.32 Å². The summed E-state index contributed by atoms with van der Waals surface area (Å²) < 4.78 is 5.16. The van der Waals surface area contributed by atoms with Crippen molar-refractivity contribution in [2.45, 2.75) is 45.8 Å². The van der Waals surface area contributed by atoms with Crippen molar-refractivity contribution in [2.24, 2.45) is 0 Å². The summed E-state index contributed by atoms with van der Waals surface area (Å²) in [7, 11) is 1.60. The molecule has 1 unspecified atom stereocenters. The molecule has 150 valence electrons. The molecule has 0 bridgehead atoms. The fraction of sp³-hybridized carbons (Fsp3) is 0.364. The highest BCUT2D eigenvalue weighted by Crippen LogP contribution is 2.17. The number of hydrogen-bond donors (Lipinski definition) is 1. The van der Waals surface area contributed by atoms with Crippen molar-refractivity contribution >= 4 is 23.4 Å². The van der Waals surface area contributed by atoms with Gasteiger partial charge in [-0.15, -0.1) is 0 Å². The van der Waals surface area contributed by atoms with E-state index in [0.717, 1.165) is 16.9 Å². The van der Waals surface area contributed by atoms with Crippen LogP contribution in [0.2, 0.25) is 5.02 Å². The number of carbonyl (C=O) groups excluding carboxylic acids is 2. The van der Waals surface area contributed by atoms with Gasteiger partial charge in [0.2, 0.25) is 11.8 Å². The normalized spacial score (nSPS) is 11.8. The Balaban J connectivity index is 2.20. The Morgan fingerprint density at radius 2 is 1.57 bits per heavy atom. The zero-order chi connectivity index (χ0) is 20.7. The van der Waals surface area contributed by atoms with Crippen molar-refractivity contribution < 1.29 is 14.3 Å². The van der Waals surface area contributed by atoms with E-state index in [0.29, 0.717) is 11.6 Å². The maximum absolute atomic E-state index is 13.1. The number of ether oxygens (including phenoxy) is 1. The summed E-state index contributed by atoms with van der Waals surface area (Å²) in [5.74, 6) is 0.442. The van der Waals surface area contributed by atoms with Gasteiger partial charge in [0.1, 0.15) is 11.8 Å². The van der Waals surface area contributed by atoms with Crippen molar-refractivity contribution in [3.05, 3.63) is 64.7 Å². The lowest BCUT2D eigenvalue weighted by atomic mass is 10.1. The monoisotopic (exact) mass is 402 g/mol. The van der Waals surface area contributed by atoms with E-state index in [1.807, 2.05) is 50.2 Å². The second kappa shape index (κ2) is 10.1. The molecular formula is C22H27ClN2O3. The number of nitrogens with one attached hydrogen (secondary N) is 1. The molecule has 0 saturated carbocycles. The van der Waals surface area contributed by atoms with Gasteiger partial charge >= 0.3 is 0 Å². The SMILES string of the molecule is COc1ccc(CC(=O)N(Cc2ccc(Cl)cc2)C(C)C(=O)NC(C)C)cc1. The Bertz CT molecular complexity index is 788. The Morgan fingerprint density at radius 1 is 1.00 bits per heavy atom. The van der Waals surface area contributed by atoms with E-state index < -0.39 is 6.04 Å². The summed E-state index contributed by atoms with van der Waals surface area (Å²) in [6.07, 6.45) is 0.205. The second-order valence-corrected chi connectivity index (χ2v) is 7.45. The molecule has 1 N–H and O–H groups in total. The third-order valence-corrected chi connectivity index (χ3v) is 4.63. The lowest BCUT2D eigenvalue weighted by molar-refractivity contribution is -0.140. The number of nitrogens with zero attached hydrogens (tertiary/aromatic N) is 1. The molecule has 0 aliphatic heterocycles. The number of methoxy groups -OCH3 is 1. The molecule has 28 heavy (non-hydrogen) atoms. The van der Waals surface area contributed by atoms with E-state index >= 15 is 0 Å². The van der Waals surface area contributed by atoms with Crippen LogP contribution < -0.4 is 10.1 Å². The maximum atomic E-state index is 13.1. The Kier molecular flexibility index (Phi) is 7.88. The summed E-state index contributed by atoms with van der Waals surface area (Å²) in [4.78, 5) is 27.2. The van der Waals surface area contributed by atoms with Gasteiger partial charge in [0.25, 0.3) is 0 Å². The fourth-order valence-corrected chi connectivity index (χ4v) is 2.92. The minimum Gasteiger partial charge on any atom is -0.497 e.